The van der Waals surface area contributed by atoms with Crippen LogP contribution < -0.4 is 10.1 Å². The van der Waals surface area contributed by atoms with Crippen molar-refractivity contribution in [2.75, 3.05) is 19.5 Å². The minimum atomic E-state index is -0.450. The minimum Gasteiger partial charge on any atom is -0.495 e. The lowest BCUT2D eigenvalue weighted by atomic mass is 10.2. The van der Waals surface area contributed by atoms with Gasteiger partial charge >= 0.3 is 5.97 Å². The molecule has 3 rings (SSSR count). The molecule has 0 unspecified atom stereocenters. The average molecular weight is 371 g/mol. The number of methoxy groups -OCH3 is 2. The number of benzene rings is 1. The van der Waals surface area contributed by atoms with Gasteiger partial charge in [0.05, 0.1) is 25.5 Å². The van der Waals surface area contributed by atoms with Crippen molar-refractivity contribution < 1.29 is 14.3 Å². The third-order valence-electron chi connectivity index (χ3n) is 3.52. The van der Waals surface area contributed by atoms with E-state index in [0.717, 1.165) is 5.56 Å². The fraction of sp³-hybridized carbons (Fsp3) is 0.111. The van der Waals surface area contributed by atoms with Crippen LogP contribution in [0.15, 0.2) is 48.8 Å². The molecule has 2 heterocycles. The number of hydrogen-bond donors (Lipinski definition) is 1. The highest BCUT2D eigenvalue weighted by Crippen LogP contribution is 2.30. The molecular formula is C18H15ClN4O3. The highest BCUT2D eigenvalue weighted by Gasteiger charge is 2.12. The Hall–Kier alpha value is -3.19. The molecule has 0 saturated carbocycles. The van der Waals surface area contributed by atoms with E-state index in [9.17, 15) is 4.79 Å². The monoisotopic (exact) mass is 370 g/mol. The summed E-state index contributed by atoms with van der Waals surface area (Å²) in [7, 11) is 2.86. The summed E-state index contributed by atoms with van der Waals surface area (Å²) in [5, 5.41) is 3.39. The predicted octanol–water partition coefficient (Wildman–Crippen LogP) is 3.73. The topological polar surface area (TPSA) is 86.2 Å². The van der Waals surface area contributed by atoms with Crippen molar-refractivity contribution in [3.63, 3.8) is 0 Å². The Balaban J connectivity index is 1.98. The van der Waals surface area contributed by atoms with Gasteiger partial charge in [-0.05, 0) is 30.3 Å². The zero-order valence-corrected chi connectivity index (χ0v) is 14.8. The zero-order chi connectivity index (χ0) is 18.5. The number of nitrogens with one attached hydrogen (secondary N) is 1. The molecule has 1 N–H and O–H groups in total. The number of pyridine rings is 1. The maximum atomic E-state index is 11.8. The van der Waals surface area contributed by atoms with Crippen molar-refractivity contribution in [1.29, 1.82) is 0 Å². The summed E-state index contributed by atoms with van der Waals surface area (Å²) in [4.78, 5) is 24.4. The van der Waals surface area contributed by atoms with Crippen molar-refractivity contribution in [2.45, 2.75) is 0 Å². The summed E-state index contributed by atoms with van der Waals surface area (Å²) >= 11 is 6.13. The number of hydrogen-bond acceptors (Lipinski definition) is 7. The van der Waals surface area contributed by atoms with Crippen LogP contribution in [0, 0.1) is 0 Å². The van der Waals surface area contributed by atoms with Crippen molar-refractivity contribution >= 4 is 29.1 Å². The molecule has 26 heavy (non-hydrogen) atoms. The fourth-order valence-electron chi connectivity index (χ4n) is 2.30. The summed E-state index contributed by atoms with van der Waals surface area (Å²) < 4.78 is 10.1. The summed E-state index contributed by atoms with van der Waals surface area (Å²) in [6, 6.07) is 10.1. The summed E-state index contributed by atoms with van der Waals surface area (Å²) in [6.07, 6.45) is 3.30. The number of carbonyl (C=O) groups is 1. The van der Waals surface area contributed by atoms with E-state index in [1.54, 1.807) is 48.8 Å². The van der Waals surface area contributed by atoms with E-state index in [1.165, 1.54) is 14.2 Å². The quantitative estimate of drug-likeness (QED) is 0.540. The number of nitrogens with zero attached hydrogens (tertiary/aromatic N) is 3. The van der Waals surface area contributed by atoms with E-state index in [2.05, 4.69) is 20.3 Å². The van der Waals surface area contributed by atoms with Crippen LogP contribution in [0.5, 0.6) is 5.75 Å². The van der Waals surface area contributed by atoms with Gasteiger partial charge in [0, 0.05) is 24.0 Å². The van der Waals surface area contributed by atoms with Gasteiger partial charge in [-0.25, -0.2) is 14.8 Å². The van der Waals surface area contributed by atoms with E-state index in [-0.39, 0.29) is 5.15 Å². The normalized spacial score (nSPS) is 10.3. The molecule has 3 aromatic rings. The van der Waals surface area contributed by atoms with Crippen molar-refractivity contribution in [3.05, 3.63) is 59.5 Å². The maximum absolute atomic E-state index is 11.8. The van der Waals surface area contributed by atoms with E-state index in [1.807, 2.05) is 0 Å². The van der Waals surface area contributed by atoms with Crippen LogP contribution >= 0.6 is 11.6 Å². The summed E-state index contributed by atoms with van der Waals surface area (Å²) in [5.41, 5.74) is 1.71. The second-order valence-corrected chi connectivity index (χ2v) is 5.55. The van der Waals surface area contributed by atoms with Gasteiger partial charge in [0.2, 0.25) is 0 Å². The van der Waals surface area contributed by atoms with Crippen molar-refractivity contribution in [3.8, 4) is 17.1 Å². The van der Waals surface area contributed by atoms with Gasteiger partial charge in [-0.2, -0.15) is 0 Å². The van der Waals surface area contributed by atoms with Crippen LogP contribution in [-0.2, 0) is 4.74 Å². The largest absolute Gasteiger partial charge is 0.495 e. The van der Waals surface area contributed by atoms with Crippen molar-refractivity contribution in [2.24, 2.45) is 0 Å². The van der Waals surface area contributed by atoms with Crippen LogP contribution in [0.3, 0.4) is 0 Å². The molecule has 2 aromatic heterocycles. The van der Waals surface area contributed by atoms with E-state index in [0.29, 0.717) is 28.6 Å². The van der Waals surface area contributed by atoms with Gasteiger partial charge in [0.15, 0.2) is 5.82 Å². The SMILES string of the molecule is COC(=O)c1ccc(OC)c(Nc2cc(Cl)nc(-c3ccncc3)n2)c1. The van der Waals surface area contributed by atoms with Gasteiger partial charge in [-0.3, -0.25) is 4.98 Å². The molecule has 0 spiro atoms. The van der Waals surface area contributed by atoms with E-state index in [4.69, 9.17) is 21.1 Å². The van der Waals surface area contributed by atoms with Gasteiger partial charge in [-0.1, -0.05) is 11.6 Å². The summed E-state index contributed by atoms with van der Waals surface area (Å²) in [6.45, 7) is 0. The standard InChI is InChI=1S/C18H15ClN4O3/c1-25-14-4-3-12(18(24)26-2)9-13(14)21-16-10-15(19)22-17(23-16)11-5-7-20-8-6-11/h3-10H,1-2H3,(H,21,22,23). The van der Waals surface area contributed by atoms with Crippen LogP contribution in [0.4, 0.5) is 11.5 Å². The third kappa shape index (κ3) is 3.89. The molecule has 0 fully saturated rings. The number of halogens is 1. The van der Waals surface area contributed by atoms with E-state index < -0.39 is 5.97 Å². The number of rotatable bonds is 5. The van der Waals surface area contributed by atoms with Gasteiger partial charge in [-0.15, -0.1) is 0 Å². The molecule has 0 atom stereocenters. The zero-order valence-electron chi connectivity index (χ0n) is 14.1. The molecule has 7 nitrogen and oxygen atoms in total. The Morgan fingerprint density at radius 2 is 1.85 bits per heavy atom. The predicted molar refractivity (Wildman–Crippen MR) is 97.9 cm³/mol. The highest BCUT2D eigenvalue weighted by molar-refractivity contribution is 6.29. The van der Waals surface area contributed by atoms with Crippen LogP contribution in [0.25, 0.3) is 11.4 Å². The number of aromatic nitrogens is 3. The van der Waals surface area contributed by atoms with Crippen LogP contribution in [-0.4, -0.2) is 35.1 Å². The minimum absolute atomic E-state index is 0.275. The molecular weight excluding hydrogens is 356 g/mol. The second kappa shape index (κ2) is 7.79. The molecule has 0 radical (unpaired) electrons. The first-order valence-corrected chi connectivity index (χ1v) is 7.97. The Bertz CT molecular complexity index is 935. The number of esters is 1. The van der Waals surface area contributed by atoms with Crippen LogP contribution in [0.2, 0.25) is 5.15 Å². The van der Waals surface area contributed by atoms with Gasteiger partial charge in [0.25, 0.3) is 0 Å². The average Bonchev–Trinajstić information content (AvgIpc) is 2.67. The first kappa shape index (κ1) is 17.6. The Morgan fingerprint density at radius 3 is 2.54 bits per heavy atom. The lowest BCUT2D eigenvalue weighted by Gasteiger charge is -2.13. The molecule has 1 aromatic carbocycles. The molecule has 0 aliphatic carbocycles. The Kier molecular flexibility index (Phi) is 5.28. The fourth-order valence-corrected chi connectivity index (χ4v) is 2.48. The Labute approximate surface area is 155 Å². The first-order chi connectivity index (χ1) is 12.6. The number of ether oxygens (including phenoxy) is 2. The number of anilines is 2. The van der Waals surface area contributed by atoms with Crippen LogP contribution in [0.1, 0.15) is 10.4 Å². The molecule has 0 saturated heterocycles. The number of carbonyl (C=O) groups excluding carboxylic acids is 1. The second-order valence-electron chi connectivity index (χ2n) is 5.17. The molecule has 0 aliphatic rings. The third-order valence-corrected chi connectivity index (χ3v) is 3.71. The molecule has 132 valence electrons. The van der Waals surface area contributed by atoms with E-state index >= 15 is 0 Å². The lowest BCUT2D eigenvalue weighted by molar-refractivity contribution is 0.0601. The maximum Gasteiger partial charge on any atom is 0.337 e. The van der Waals surface area contributed by atoms with Gasteiger partial charge < -0.3 is 14.8 Å². The smallest absolute Gasteiger partial charge is 0.337 e. The molecule has 0 bridgehead atoms. The van der Waals surface area contributed by atoms with Gasteiger partial charge in [0.1, 0.15) is 16.7 Å². The first-order valence-electron chi connectivity index (χ1n) is 7.59. The molecule has 8 heteroatoms. The highest BCUT2D eigenvalue weighted by atomic mass is 35.5. The molecule has 0 aliphatic heterocycles. The summed E-state index contributed by atoms with van der Waals surface area (Å²) in [5.74, 6) is 0.995. The Morgan fingerprint density at radius 1 is 1.08 bits per heavy atom. The lowest BCUT2D eigenvalue weighted by Crippen LogP contribution is -2.04. The van der Waals surface area contributed by atoms with Crippen molar-refractivity contribution in [1.82, 2.24) is 15.0 Å². The molecule has 0 amide bonds.